The lowest BCUT2D eigenvalue weighted by Gasteiger charge is -2.26. The molecule has 6 aromatic rings. The van der Waals surface area contributed by atoms with E-state index in [1.165, 1.54) is 0 Å². The van der Waals surface area contributed by atoms with Crippen LogP contribution in [0.25, 0.3) is 0 Å². The molecule has 0 saturated heterocycles. The van der Waals surface area contributed by atoms with Crippen molar-refractivity contribution in [3.8, 4) is 11.5 Å². The molecule has 8 rings (SSSR count). The van der Waals surface area contributed by atoms with Crippen molar-refractivity contribution >= 4 is 87.1 Å². The number of rotatable bonds is 9. The summed E-state index contributed by atoms with van der Waals surface area (Å²) in [5, 5.41) is 4.33. The Morgan fingerprint density at radius 2 is 1.01 bits per heavy atom. The zero-order chi connectivity index (χ0) is 49.7. The third-order valence-electron chi connectivity index (χ3n) is 10.9. The van der Waals surface area contributed by atoms with Crippen LogP contribution in [0.4, 0.5) is 16.2 Å². The molecule has 0 bridgehead atoms. The van der Waals surface area contributed by atoms with E-state index in [0.29, 0.717) is 71.9 Å². The molecule has 6 aromatic carbocycles. The van der Waals surface area contributed by atoms with Crippen LogP contribution >= 0.6 is 46.4 Å². The summed E-state index contributed by atoms with van der Waals surface area (Å²) >= 11 is 26.4. The second-order valence-corrected chi connectivity index (χ2v) is 18.9. The van der Waals surface area contributed by atoms with Crippen molar-refractivity contribution in [2.45, 2.75) is 65.6 Å². The van der Waals surface area contributed by atoms with E-state index in [1.807, 2.05) is 123 Å². The highest BCUT2D eigenvalue weighted by Crippen LogP contribution is 2.37. The van der Waals surface area contributed by atoms with Crippen molar-refractivity contribution in [1.82, 2.24) is 5.32 Å². The number of anilines is 2. The summed E-state index contributed by atoms with van der Waals surface area (Å²) in [4.78, 5) is 52.5. The lowest BCUT2D eigenvalue weighted by molar-refractivity contribution is -0.121. The summed E-state index contributed by atoms with van der Waals surface area (Å²) in [6.45, 7) is 9.60. The number of nitrogens with two attached hydrogens (primary N) is 1. The van der Waals surface area contributed by atoms with E-state index >= 15 is 0 Å². The Hall–Kier alpha value is -6.41. The highest BCUT2D eigenvalue weighted by molar-refractivity contribution is 6.43. The number of ether oxygens (including phenoxy) is 3. The number of fused-ring (bicyclic) bond motifs is 2. The number of para-hydroxylation sites is 2. The minimum Gasteiger partial charge on any atom is -0.497 e. The molecule has 0 fully saturated rings. The van der Waals surface area contributed by atoms with Crippen molar-refractivity contribution in [3.05, 3.63) is 186 Å². The molecule has 0 saturated carbocycles. The number of aliphatic imine (C=N–C) groups is 2. The number of nitrogens with zero attached hydrogens (tertiary/aromatic N) is 4. The first-order valence-corrected chi connectivity index (χ1v) is 23.3. The van der Waals surface area contributed by atoms with Gasteiger partial charge in [0, 0.05) is 22.3 Å². The quantitative estimate of drug-likeness (QED) is 0.146. The summed E-state index contributed by atoms with van der Waals surface area (Å²) in [6, 6.07) is 37.1. The molecule has 2 unspecified atom stereocenters. The molecule has 2 heterocycles. The Labute approximate surface area is 421 Å². The van der Waals surface area contributed by atoms with Crippen LogP contribution in [-0.2, 0) is 27.4 Å². The number of amides is 3. The summed E-state index contributed by atoms with van der Waals surface area (Å²) in [5.74, 6) is 0.707. The van der Waals surface area contributed by atoms with Crippen LogP contribution in [0.5, 0.6) is 11.5 Å². The molecule has 12 nitrogen and oxygen atoms in total. The number of halogens is 4. The first kappa shape index (κ1) is 50.5. The van der Waals surface area contributed by atoms with E-state index < -0.39 is 29.9 Å². The van der Waals surface area contributed by atoms with Crippen LogP contribution in [0.3, 0.4) is 0 Å². The standard InChI is InChI=1S/C29H29Cl2N3O4.C24H21Cl2N3O2/c1-17-14-21(30)24(22(31)15-17)25-20-8-6-7-9-23(20)34(16-18-10-12-19(37-5)13-11-18)27(35)26(32-25)33-28(36)38-29(2,3)4;1-14-11-18(25)21(19(26)12-14)22-17-5-3-4-6-20(17)29(24(30)23(27)28-22)13-15-7-9-16(31-2)10-8-15/h6-15,26H,16H2,1-5H3,(H,33,36);3-12,23H,13,27H2,1-2H3. The SMILES string of the molecule is COc1ccc(CN2C(=O)C(N)N=C(c3c(Cl)cc(C)cc3Cl)c3ccccc32)cc1.COc1ccc(CN2C(=O)C(NC(=O)OC(C)(C)C)N=C(c3c(Cl)cc(C)cc3Cl)c3ccccc32)cc1. The average Bonchev–Trinajstić information content (AvgIpc) is 3.47. The van der Waals surface area contributed by atoms with Crippen molar-refractivity contribution < 1.29 is 28.6 Å². The van der Waals surface area contributed by atoms with Crippen molar-refractivity contribution in [3.63, 3.8) is 0 Å². The molecule has 0 spiro atoms. The third kappa shape index (κ3) is 11.7. The van der Waals surface area contributed by atoms with Crippen molar-refractivity contribution in [2.24, 2.45) is 15.7 Å². The van der Waals surface area contributed by atoms with Gasteiger partial charge in [0.05, 0.1) is 70.2 Å². The maximum Gasteiger partial charge on any atom is 0.409 e. The fourth-order valence-electron chi connectivity index (χ4n) is 7.80. The number of nitrogens with one attached hydrogen (secondary N) is 1. The summed E-state index contributed by atoms with van der Waals surface area (Å²) in [6.07, 6.45) is -3.15. The molecule has 2 atom stereocenters. The second kappa shape index (κ2) is 21.5. The molecule has 0 aliphatic carbocycles. The summed E-state index contributed by atoms with van der Waals surface area (Å²) in [5.41, 5.74) is 13.7. The highest BCUT2D eigenvalue weighted by atomic mass is 35.5. The number of benzodiazepines with no additional fused rings is 2. The number of carbonyl (C=O) groups excluding carboxylic acids is 3. The molecule has 69 heavy (non-hydrogen) atoms. The van der Waals surface area contributed by atoms with E-state index in [4.69, 9.17) is 71.3 Å². The molecule has 356 valence electrons. The Balaban J connectivity index is 0.000000208. The van der Waals surface area contributed by atoms with Gasteiger partial charge in [-0.1, -0.05) is 107 Å². The minimum absolute atomic E-state index is 0.227. The van der Waals surface area contributed by atoms with Gasteiger partial charge in [-0.25, -0.2) is 9.79 Å². The van der Waals surface area contributed by atoms with E-state index in [0.717, 1.165) is 33.6 Å². The topological polar surface area (TPSA) is 148 Å². The van der Waals surface area contributed by atoms with E-state index in [9.17, 15) is 14.4 Å². The van der Waals surface area contributed by atoms with Crippen LogP contribution in [0.15, 0.2) is 131 Å². The minimum atomic E-state index is -1.29. The van der Waals surface area contributed by atoms with Gasteiger partial charge in [0.25, 0.3) is 11.8 Å². The molecular formula is C53H50Cl4N6O6. The van der Waals surface area contributed by atoms with Crippen LogP contribution in [-0.4, -0.2) is 61.5 Å². The zero-order valence-corrected chi connectivity index (χ0v) is 42.0. The molecule has 3 N–H and O–H groups in total. The van der Waals surface area contributed by atoms with Gasteiger partial charge in [0.2, 0.25) is 6.17 Å². The van der Waals surface area contributed by atoms with Gasteiger partial charge >= 0.3 is 6.09 Å². The first-order chi connectivity index (χ1) is 32.8. The molecule has 2 aliphatic rings. The van der Waals surface area contributed by atoms with Crippen LogP contribution in [0.1, 0.15) is 65.3 Å². The summed E-state index contributed by atoms with van der Waals surface area (Å²) < 4.78 is 15.9. The summed E-state index contributed by atoms with van der Waals surface area (Å²) in [7, 11) is 3.21. The fraction of sp³-hybridized carbons (Fsp3) is 0.226. The predicted octanol–water partition coefficient (Wildman–Crippen LogP) is 11.5. The molecule has 16 heteroatoms. The number of aryl methyl sites for hydroxylation is 2. The Bertz CT molecular complexity index is 2930. The van der Waals surface area contributed by atoms with Gasteiger partial charge in [0.15, 0.2) is 6.17 Å². The lowest BCUT2D eigenvalue weighted by Crippen LogP contribution is -2.48. The number of hydrogen-bond donors (Lipinski definition) is 2. The maximum atomic E-state index is 14.0. The molecule has 2 aliphatic heterocycles. The van der Waals surface area contributed by atoms with E-state index in [2.05, 4.69) is 10.3 Å². The average molecular weight is 1010 g/mol. The third-order valence-corrected chi connectivity index (χ3v) is 12.1. The second-order valence-electron chi connectivity index (χ2n) is 17.2. The largest absolute Gasteiger partial charge is 0.497 e. The number of hydrogen-bond acceptors (Lipinski definition) is 9. The lowest BCUT2D eigenvalue weighted by atomic mass is 9.99. The van der Waals surface area contributed by atoms with Crippen LogP contribution in [0.2, 0.25) is 20.1 Å². The molecule has 0 radical (unpaired) electrons. The van der Waals surface area contributed by atoms with Crippen molar-refractivity contribution in [2.75, 3.05) is 24.0 Å². The normalized spacial score (nSPS) is 15.6. The van der Waals surface area contributed by atoms with Gasteiger partial charge < -0.3 is 29.7 Å². The molecular weight excluding hydrogens is 958 g/mol. The maximum absolute atomic E-state index is 14.0. The number of methoxy groups -OCH3 is 2. The van der Waals surface area contributed by atoms with Crippen LogP contribution in [0, 0.1) is 13.8 Å². The van der Waals surface area contributed by atoms with Gasteiger partial charge in [-0.05, 0) is 118 Å². The predicted molar refractivity (Wildman–Crippen MR) is 276 cm³/mol. The van der Waals surface area contributed by atoms with Gasteiger partial charge in [-0.15, -0.1) is 0 Å². The number of carbonyl (C=O) groups is 3. The Kier molecular flexibility index (Phi) is 15.7. The van der Waals surface area contributed by atoms with Gasteiger partial charge in [-0.3, -0.25) is 19.9 Å². The smallest absolute Gasteiger partial charge is 0.409 e. The number of alkyl carbamates (subject to hydrolysis) is 1. The number of benzene rings is 6. The fourth-order valence-corrected chi connectivity index (χ4v) is 9.35. The zero-order valence-electron chi connectivity index (χ0n) is 38.9. The first-order valence-electron chi connectivity index (χ1n) is 21.8. The molecule has 0 aromatic heterocycles. The highest BCUT2D eigenvalue weighted by Gasteiger charge is 2.36. The monoisotopic (exact) mass is 1010 g/mol. The van der Waals surface area contributed by atoms with Gasteiger partial charge in [-0.2, -0.15) is 0 Å². The van der Waals surface area contributed by atoms with E-state index in [-0.39, 0.29) is 12.5 Å². The Morgan fingerprint density at radius 3 is 1.42 bits per heavy atom. The molecule has 3 amide bonds. The van der Waals surface area contributed by atoms with E-state index in [1.54, 1.807) is 56.9 Å². The van der Waals surface area contributed by atoms with Crippen molar-refractivity contribution in [1.29, 1.82) is 0 Å². The van der Waals surface area contributed by atoms with Crippen LogP contribution < -0.4 is 30.3 Å². The van der Waals surface area contributed by atoms with Gasteiger partial charge in [0.1, 0.15) is 17.1 Å². The Morgan fingerprint density at radius 1 is 0.623 bits per heavy atom.